The SMILES string of the molecule is N#CC1CCCCCC1NC1CC2CCC1C2. The van der Waals surface area contributed by atoms with Gasteiger partial charge in [0.05, 0.1) is 12.0 Å². The normalized spacial score (nSPS) is 45.5. The molecule has 2 heteroatoms. The van der Waals surface area contributed by atoms with Crippen LogP contribution in [0, 0.1) is 29.1 Å². The highest BCUT2D eigenvalue weighted by atomic mass is 15.0. The lowest BCUT2D eigenvalue weighted by atomic mass is 9.91. The molecule has 2 bridgehead atoms. The van der Waals surface area contributed by atoms with Crippen molar-refractivity contribution in [2.75, 3.05) is 0 Å². The number of nitriles is 1. The molecule has 17 heavy (non-hydrogen) atoms. The molecule has 0 spiro atoms. The minimum absolute atomic E-state index is 0.275. The van der Waals surface area contributed by atoms with Gasteiger partial charge in [-0.2, -0.15) is 5.26 Å². The van der Waals surface area contributed by atoms with Crippen molar-refractivity contribution >= 4 is 0 Å². The van der Waals surface area contributed by atoms with E-state index < -0.39 is 0 Å². The molecule has 3 aliphatic carbocycles. The van der Waals surface area contributed by atoms with Gasteiger partial charge in [0.15, 0.2) is 0 Å². The fourth-order valence-electron chi connectivity index (χ4n) is 4.39. The summed E-state index contributed by atoms with van der Waals surface area (Å²) in [5, 5.41) is 13.2. The Hall–Kier alpha value is -0.550. The summed E-state index contributed by atoms with van der Waals surface area (Å²) in [5.41, 5.74) is 0. The molecule has 5 unspecified atom stereocenters. The van der Waals surface area contributed by atoms with Gasteiger partial charge in [-0.05, 0) is 43.9 Å². The van der Waals surface area contributed by atoms with Crippen LogP contribution in [0.5, 0.6) is 0 Å². The minimum Gasteiger partial charge on any atom is -0.310 e. The number of hydrogen-bond acceptors (Lipinski definition) is 2. The van der Waals surface area contributed by atoms with Crippen molar-refractivity contribution in [3.63, 3.8) is 0 Å². The maximum atomic E-state index is 9.30. The number of nitrogens with zero attached hydrogens (tertiary/aromatic N) is 1. The van der Waals surface area contributed by atoms with Crippen molar-refractivity contribution in [1.29, 1.82) is 5.26 Å². The maximum Gasteiger partial charge on any atom is 0.0672 e. The second kappa shape index (κ2) is 4.98. The van der Waals surface area contributed by atoms with E-state index in [1.165, 1.54) is 51.4 Å². The van der Waals surface area contributed by atoms with Crippen molar-refractivity contribution in [3.05, 3.63) is 0 Å². The predicted molar refractivity (Wildman–Crippen MR) is 68.3 cm³/mol. The highest BCUT2D eigenvalue weighted by Gasteiger charge is 2.40. The Morgan fingerprint density at radius 3 is 2.47 bits per heavy atom. The largest absolute Gasteiger partial charge is 0.310 e. The van der Waals surface area contributed by atoms with E-state index in [4.69, 9.17) is 0 Å². The van der Waals surface area contributed by atoms with Crippen LogP contribution in [-0.4, -0.2) is 12.1 Å². The third kappa shape index (κ3) is 2.36. The van der Waals surface area contributed by atoms with Gasteiger partial charge in [0, 0.05) is 12.1 Å². The zero-order valence-corrected chi connectivity index (χ0v) is 10.7. The fourth-order valence-corrected chi connectivity index (χ4v) is 4.39. The Bertz CT molecular complexity index is 307. The summed E-state index contributed by atoms with van der Waals surface area (Å²) < 4.78 is 0. The van der Waals surface area contributed by atoms with Crippen LogP contribution in [0.25, 0.3) is 0 Å². The summed E-state index contributed by atoms with van der Waals surface area (Å²) in [4.78, 5) is 0. The summed E-state index contributed by atoms with van der Waals surface area (Å²) in [6.45, 7) is 0. The van der Waals surface area contributed by atoms with Gasteiger partial charge in [0.1, 0.15) is 0 Å². The molecule has 0 saturated heterocycles. The van der Waals surface area contributed by atoms with Crippen LogP contribution in [0.15, 0.2) is 0 Å². The van der Waals surface area contributed by atoms with Gasteiger partial charge in [0.2, 0.25) is 0 Å². The Labute approximate surface area is 105 Å². The van der Waals surface area contributed by atoms with Crippen LogP contribution in [0.1, 0.15) is 57.8 Å². The number of hydrogen-bond donors (Lipinski definition) is 1. The van der Waals surface area contributed by atoms with Crippen LogP contribution in [0.2, 0.25) is 0 Å². The standard InChI is InChI=1S/C15H24N2/c16-10-13-4-2-1-3-5-14(13)17-15-9-11-6-7-12(15)8-11/h11-15,17H,1-9H2. The number of fused-ring (bicyclic) bond motifs is 2. The van der Waals surface area contributed by atoms with E-state index in [9.17, 15) is 5.26 Å². The first-order valence-corrected chi connectivity index (χ1v) is 7.52. The Balaban J connectivity index is 1.61. The van der Waals surface area contributed by atoms with E-state index in [0.29, 0.717) is 6.04 Å². The molecule has 0 aromatic carbocycles. The van der Waals surface area contributed by atoms with Crippen LogP contribution < -0.4 is 5.32 Å². The van der Waals surface area contributed by atoms with Crippen molar-refractivity contribution in [3.8, 4) is 6.07 Å². The first-order valence-electron chi connectivity index (χ1n) is 7.52. The molecule has 3 fully saturated rings. The molecule has 94 valence electrons. The molecule has 5 atom stereocenters. The van der Waals surface area contributed by atoms with Gasteiger partial charge >= 0.3 is 0 Å². The van der Waals surface area contributed by atoms with Crippen LogP contribution in [0.4, 0.5) is 0 Å². The molecule has 0 radical (unpaired) electrons. The van der Waals surface area contributed by atoms with E-state index >= 15 is 0 Å². The van der Waals surface area contributed by atoms with E-state index in [-0.39, 0.29) is 5.92 Å². The van der Waals surface area contributed by atoms with Gasteiger partial charge in [-0.25, -0.2) is 0 Å². The van der Waals surface area contributed by atoms with E-state index in [2.05, 4.69) is 11.4 Å². The van der Waals surface area contributed by atoms with E-state index in [1.54, 1.807) is 0 Å². The first-order chi connectivity index (χ1) is 8.36. The monoisotopic (exact) mass is 232 g/mol. The summed E-state index contributed by atoms with van der Waals surface area (Å²) in [6.07, 6.45) is 12.0. The second-order valence-corrected chi connectivity index (χ2v) is 6.43. The molecular weight excluding hydrogens is 208 g/mol. The van der Waals surface area contributed by atoms with Gasteiger partial charge in [-0.1, -0.05) is 25.7 Å². The highest BCUT2D eigenvalue weighted by molar-refractivity contribution is 4.99. The lowest BCUT2D eigenvalue weighted by molar-refractivity contribution is 0.281. The first kappa shape index (κ1) is 11.5. The average Bonchev–Trinajstić information content (AvgIpc) is 2.87. The third-order valence-corrected chi connectivity index (χ3v) is 5.35. The molecule has 0 aliphatic heterocycles. The van der Waals surface area contributed by atoms with Crippen LogP contribution >= 0.6 is 0 Å². The van der Waals surface area contributed by atoms with Crippen LogP contribution in [0.3, 0.4) is 0 Å². The Kier molecular flexibility index (Phi) is 3.38. The molecule has 0 aromatic rings. The summed E-state index contributed by atoms with van der Waals surface area (Å²) in [5.74, 6) is 2.21. The van der Waals surface area contributed by atoms with Gasteiger partial charge in [-0.3, -0.25) is 0 Å². The molecule has 3 aliphatic rings. The highest BCUT2D eigenvalue weighted by Crippen LogP contribution is 2.45. The number of rotatable bonds is 2. The summed E-state index contributed by atoms with van der Waals surface area (Å²) in [7, 11) is 0. The quantitative estimate of drug-likeness (QED) is 0.742. The second-order valence-electron chi connectivity index (χ2n) is 6.43. The number of nitrogens with one attached hydrogen (secondary N) is 1. The smallest absolute Gasteiger partial charge is 0.0672 e. The minimum atomic E-state index is 0.275. The molecule has 3 saturated carbocycles. The lowest BCUT2D eigenvalue weighted by Crippen LogP contribution is -2.44. The van der Waals surface area contributed by atoms with Gasteiger partial charge in [0.25, 0.3) is 0 Å². The summed E-state index contributed by atoms with van der Waals surface area (Å²) in [6, 6.07) is 3.79. The van der Waals surface area contributed by atoms with Crippen molar-refractivity contribution in [1.82, 2.24) is 5.32 Å². The molecule has 0 heterocycles. The zero-order chi connectivity index (χ0) is 11.7. The van der Waals surface area contributed by atoms with E-state index in [0.717, 1.165) is 24.3 Å². The lowest BCUT2D eigenvalue weighted by Gasteiger charge is -2.30. The average molecular weight is 232 g/mol. The molecule has 1 N–H and O–H groups in total. The van der Waals surface area contributed by atoms with E-state index in [1.807, 2.05) is 0 Å². The molecular formula is C15H24N2. The Morgan fingerprint density at radius 2 is 1.76 bits per heavy atom. The van der Waals surface area contributed by atoms with Gasteiger partial charge in [-0.15, -0.1) is 0 Å². The zero-order valence-electron chi connectivity index (χ0n) is 10.7. The van der Waals surface area contributed by atoms with Crippen molar-refractivity contribution in [2.24, 2.45) is 17.8 Å². The predicted octanol–water partition coefficient (Wildman–Crippen LogP) is 3.24. The fraction of sp³-hybridized carbons (Fsp3) is 0.933. The van der Waals surface area contributed by atoms with Crippen molar-refractivity contribution in [2.45, 2.75) is 69.9 Å². The Morgan fingerprint density at radius 1 is 0.882 bits per heavy atom. The molecule has 3 rings (SSSR count). The molecule has 2 nitrogen and oxygen atoms in total. The third-order valence-electron chi connectivity index (χ3n) is 5.35. The topological polar surface area (TPSA) is 35.8 Å². The molecule has 0 amide bonds. The molecule has 0 aromatic heterocycles. The van der Waals surface area contributed by atoms with Gasteiger partial charge < -0.3 is 5.32 Å². The van der Waals surface area contributed by atoms with Crippen molar-refractivity contribution < 1.29 is 0 Å². The summed E-state index contributed by atoms with van der Waals surface area (Å²) >= 11 is 0. The maximum absolute atomic E-state index is 9.30. The van der Waals surface area contributed by atoms with Crippen LogP contribution in [-0.2, 0) is 0 Å².